The van der Waals surface area contributed by atoms with Gasteiger partial charge in [0.2, 0.25) is 0 Å². The first-order valence-electron chi connectivity index (χ1n) is 4.74. The molecule has 2 aliphatic rings. The van der Waals surface area contributed by atoms with E-state index < -0.39 is 0 Å². The van der Waals surface area contributed by atoms with Crippen LogP contribution < -0.4 is 5.32 Å². The summed E-state index contributed by atoms with van der Waals surface area (Å²) in [6.45, 7) is 3.80. The second kappa shape index (κ2) is 5.40. The Bertz CT molecular complexity index is 141. The van der Waals surface area contributed by atoms with E-state index in [1.807, 2.05) is 0 Å². The van der Waals surface area contributed by atoms with E-state index in [0.29, 0.717) is 5.54 Å². The van der Waals surface area contributed by atoms with Crippen molar-refractivity contribution in [2.24, 2.45) is 0 Å². The Kier molecular flexibility index (Phi) is 5.61. The molecule has 0 aromatic rings. The third-order valence-electron chi connectivity index (χ3n) is 3.13. The maximum Gasteiger partial charge on any atom is 0.0320 e. The predicted octanol–water partition coefficient (Wildman–Crippen LogP) is 1.68. The Balaban J connectivity index is 0.000000720. The number of hydrogen-bond donors (Lipinski definition) is 1. The van der Waals surface area contributed by atoms with E-state index in [4.69, 9.17) is 0 Å². The molecule has 2 fully saturated rings. The molecule has 2 nitrogen and oxygen atoms in total. The van der Waals surface area contributed by atoms with Crippen molar-refractivity contribution in [1.29, 1.82) is 0 Å². The number of nitrogens with one attached hydrogen (secondary N) is 1. The molecule has 2 rings (SSSR count). The van der Waals surface area contributed by atoms with Crippen molar-refractivity contribution in [3.8, 4) is 0 Å². The fourth-order valence-corrected chi connectivity index (χ4v) is 2.46. The van der Waals surface area contributed by atoms with Gasteiger partial charge in [0.05, 0.1) is 0 Å². The summed E-state index contributed by atoms with van der Waals surface area (Å²) < 4.78 is 0. The zero-order valence-electron chi connectivity index (χ0n) is 8.21. The summed E-state index contributed by atoms with van der Waals surface area (Å²) in [6.07, 6.45) is 5.58. The molecule has 0 saturated carbocycles. The average molecular weight is 227 g/mol. The molecule has 0 aromatic heterocycles. The summed E-state index contributed by atoms with van der Waals surface area (Å²) in [7, 11) is 2.23. The van der Waals surface area contributed by atoms with Crippen LogP contribution in [0.1, 0.15) is 25.7 Å². The number of hydrogen-bond acceptors (Lipinski definition) is 2. The van der Waals surface area contributed by atoms with Crippen molar-refractivity contribution in [2.75, 3.05) is 26.7 Å². The minimum Gasteiger partial charge on any atom is -0.310 e. The van der Waals surface area contributed by atoms with Crippen LogP contribution in [0.3, 0.4) is 0 Å². The van der Waals surface area contributed by atoms with Gasteiger partial charge in [-0.25, -0.2) is 0 Å². The van der Waals surface area contributed by atoms with Crippen LogP contribution in [0.5, 0.6) is 0 Å². The smallest absolute Gasteiger partial charge is 0.0320 e. The van der Waals surface area contributed by atoms with Crippen LogP contribution in [0, 0.1) is 0 Å². The highest BCUT2D eigenvalue weighted by Gasteiger charge is 2.36. The Morgan fingerprint density at radius 1 is 1.15 bits per heavy atom. The predicted molar refractivity (Wildman–Crippen MR) is 61.2 cm³/mol. The SMILES string of the molecule is CN1CCC2(CCCCN2)C1.Cl.Cl. The van der Waals surface area contributed by atoms with Gasteiger partial charge >= 0.3 is 0 Å². The van der Waals surface area contributed by atoms with Crippen LogP contribution in [-0.2, 0) is 0 Å². The van der Waals surface area contributed by atoms with Crippen LogP contribution in [0.25, 0.3) is 0 Å². The van der Waals surface area contributed by atoms with Gasteiger partial charge in [0.1, 0.15) is 0 Å². The lowest BCUT2D eigenvalue weighted by Gasteiger charge is -2.34. The van der Waals surface area contributed by atoms with E-state index in [1.165, 1.54) is 45.3 Å². The molecule has 0 bridgehead atoms. The van der Waals surface area contributed by atoms with E-state index in [2.05, 4.69) is 17.3 Å². The first-order chi connectivity index (χ1) is 5.31. The summed E-state index contributed by atoms with van der Waals surface area (Å²) in [6, 6.07) is 0. The summed E-state index contributed by atoms with van der Waals surface area (Å²) in [5.74, 6) is 0. The fourth-order valence-electron chi connectivity index (χ4n) is 2.46. The highest BCUT2D eigenvalue weighted by atomic mass is 35.5. The molecule has 0 aromatic carbocycles. The molecule has 1 N–H and O–H groups in total. The third kappa shape index (κ3) is 2.98. The molecular weight excluding hydrogens is 207 g/mol. The lowest BCUT2D eigenvalue weighted by Crippen LogP contribution is -2.50. The summed E-state index contributed by atoms with van der Waals surface area (Å²) in [4.78, 5) is 2.44. The van der Waals surface area contributed by atoms with Crippen molar-refractivity contribution in [3.05, 3.63) is 0 Å². The second-order valence-corrected chi connectivity index (χ2v) is 4.15. The van der Waals surface area contributed by atoms with E-state index in [-0.39, 0.29) is 24.8 Å². The van der Waals surface area contributed by atoms with Gasteiger partial charge < -0.3 is 10.2 Å². The van der Waals surface area contributed by atoms with Crippen LogP contribution >= 0.6 is 24.8 Å². The van der Waals surface area contributed by atoms with Gasteiger partial charge in [0, 0.05) is 12.1 Å². The maximum absolute atomic E-state index is 3.68. The Hall–Kier alpha value is 0.500. The molecule has 1 spiro atoms. The van der Waals surface area contributed by atoms with Crippen molar-refractivity contribution in [2.45, 2.75) is 31.2 Å². The van der Waals surface area contributed by atoms with Gasteiger partial charge in [-0.2, -0.15) is 0 Å². The molecule has 13 heavy (non-hydrogen) atoms. The first kappa shape index (κ1) is 13.5. The molecule has 1 atom stereocenters. The topological polar surface area (TPSA) is 15.3 Å². The van der Waals surface area contributed by atoms with Gasteiger partial charge in [-0.05, 0) is 39.4 Å². The molecule has 2 saturated heterocycles. The lowest BCUT2D eigenvalue weighted by atomic mass is 9.88. The van der Waals surface area contributed by atoms with E-state index in [0.717, 1.165) is 0 Å². The first-order valence-corrected chi connectivity index (χ1v) is 4.74. The van der Waals surface area contributed by atoms with E-state index >= 15 is 0 Å². The standard InChI is InChI=1S/C9H18N2.2ClH/c1-11-7-5-9(8-11)4-2-3-6-10-9;;/h10H,2-8H2,1H3;2*1H. The Morgan fingerprint density at radius 3 is 2.38 bits per heavy atom. The second-order valence-electron chi connectivity index (χ2n) is 4.15. The van der Waals surface area contributed by atoms with Crippen molar-refractivity contribution >= 4 is 24.8 Å². The number of piperidine rings is 1. The molecular formula is C9H20Cl2N2. The molecule has 1 unspecified atom stereocenters. The highest BCUT2D eigenvalue weighted by Crippen LogP contribution is 2.28. The number of rotatable bonds is 0. The minimum absolute atomic E-state index is 0. The number of likely N-dealkylation sites (N-methyl/N-ethyl adjacent to an activating group) is 1. The zero-order valence-corrected chi connectivity index (χ0v) is 9.85. The third-order valence-corrected chi connectivity index (χ3v) is 3.13. The molecule has 0 aliphatic carbocycles. The maximum atomic E-state index is 3.68. The van der Waals surface area contributed by atoms with Crippen LogP contribution in [-0.4, -0.2) is 37.1 Å². The van der Waals surface area contributed by atoms with E-state index in [1.54, 1.807) is 0 Å². The lowest BCUT2D eigenvalue weighted by molar-refractivity contribution is 0.253. The molecule has 80 valence electrons. The van der Waals surface area contributed by atoms with Crippen LogP contribution in [0.2, 0.25) is 0 Å². The molecule has 2 aliphatic heterocycles. The summed E-state index contributed by atoms with van der Waals surface area (Å²) in [5.41, 5.74) is 0.521. The number of likely N-dealkylation sites (tertiary alicyclic amines) is 1. The average Bonchev–Trinajstić information content (AvgIpc) is 2.34. The van der Waals surface area contributed by atoms with Gasteiger partial charge in [-0.3, -0.25) is 0 Å². The van der Waals surface area contributed by atoms with Crippen molar-refractivity contribution < 1.29 is 0 Å². The molecule has 0 amide bonds. The zero-order chi connectivity index (χ0) is 7.73. The molecule has 2 heterocycles. The molecule has 0 radical (unpaired) electrons. The fraction of sp³-hybridized carbons (Fsp3) is 1.00. The van der Waals surface area contributed by atoms with Gasteiger partial charge in [-0.1, -0.05) is 6.42 Å². The van der Waals surface area contributed by atoms with Crippen molar-refractivity contribution in [1.82, 2.24) is 10.2 Å². The number of nitrogens with zero attached hydrogens (tertiary/aromatic N) is 1. The Morgan fingerprint density at radius 2 is 1.92 bits per heavy atom. The largest absolute Gasteiger partial charge is 0.310 e. The minimum atomic E-state index is 0. The quantitative estimate of drug-likeness (QED) is 0.677. The monoisotopic (exact) mass is 226 g/mol. The van der Waals surface area contributed by atoms with Crippen LogP contribution in [0.15, 0.2) is 0 Å². The van der Waals surface area contributed by atoms with Gasteiger partial charge in [0.25, 0.3) is 0 Å². The highest BCUT2D eigenvalue weighted by molar-refractivity contribution is 5.85. The van der Waals surface area contributed by atoms with E-state index in [9.17, 15) is 0 Å². The van der Waals surface area contributed by atoms with Crippen molar-refractivity contribution in [3.63, 3.8) is 0 Å². The number of halogens is 2. The normalized spacial score (nSPS) is 33.9. The van der Waals surface area contributed by atoms with Crippen LogP contribution in [0.4, 0.5) is 0 Å². The Labute approximate surface area is 93.3 Å². The summed E-state index contributed by atoms with van der Waals surface area (Å²) >= 11 is 0. The molecule has 4 heteroatoms. The van der Waals surface area contributed by atoms with Gasteiger partial charge in [-0.15, -0.1) is 24.8 Å². The van der Waals surface area contributed by atoms with Gasteiger partial charge in [0.15, 0.2) is 0 Å². The summed E-state index contributed by atoms with van der Waals surface area (Å²) in [5, 5.41) is 3.68.